The van der Waals surface area contributed by atoms with E-state index < -0.39 is 0 Å². The molecule has 25 heavy (non-hydrogen) atoms. The summed E-state index contributed by atoms with van der Waals surface area (Å²) in [4.78, 5) is 16.0. The number of aromatic nitrogens is 1. The second-order valence-electron chi connectivity index (χ2n) is 5.90. The van der Waals surface area contributed by atoms with E-state index in [0.717, 1.165) is 36.5 Å². The molecule has 1 N–H and O–H groups in total. The van der Waals surface area contributed by atoms with Crippen LogP contribution in [0.2, 0.25) is 0 Å². The highest BCUT2D eigenvalue weighted by atomic mass is 16.5. The number of pyridine rings is 1. The monoisotopic (exact) mass is 338 g/mol. The topological polar surface area (TPSA) is 60.5 Å². The smallest absolute Gasteiger partial charge is 0.244 e. The van der Waals surface area contributed by atoms with Gasteiger partial charge in [-0.3, -0.25) is 9.78 Å². The third-order valence-corrected chi connectivity index (χ3v) is 3.94. The number of carbonyl (C=O) groups is 1. The van der Waals surface area contributed by atoms with E-state index in [0.29, 0.717) is 13.2 Å². The molecule has 3 rings (SSSR count). The predicted octanol–water partition coefficient (Wildman–Crippen LogP) is 2.97. The summed E-state index contributed by atoms with van der Waals surface area (Å²) in [6.45, 7) is 1.90. The molecule has 1 amide bonds. The largest absolute Gasteiger partial charge is 0.491 e. The molecule has 0 spiro atoms. The Morgan fingerprint density at radius 1 is 1.28 bits per heavy atom. The minimum absolute atomic E-state index is 0.149. The summed E-state index contributed by atoms with van der Waals surface area (Å²) in [5.74, 6) is 0.671. The average Bonchev–Trinajstić information content (AvgIpc) is 3.18. The molecular weight excluding hydrogens is 316 g/mol. The maximum atomic E-state index is 11.8. The van der Waals surface area contributed by atoms with Crippen molar-refractivity contribution in [1.29, 1.82) is 0 Å². The zero-order valence-electron chi connectivity index (χ0n) is 14.1. The fourth-order valence-electron chi connectivity index (χ4n) is 2.55. The van der Waals surface area contributed by atoms with E-state index in [4.69, 9.17) is 9.47 Å². The van der Waals surface area contributed by atoms with Crippen LogP contribution in [-0.2, 0) is 16.1 Å². The number of hydrogen-bond acceptors (Lipinski definition) is 4. The normalized spacial score (nSPS) is 16.9. The molecule has 1 atom stereocenters. The number of amides is 1. The van der Waals surface area contributed by atoms with Gasteiger partial charge in [0.2, 0.25) is 5.91 Å². The lowest BCUT2D eigenvalue weighted by Crippen LogP contribution is -2.20. The van der Waals surface area contributed by atoms with Crippen LogP contribution in [0.1, 0.15) is 24.1 Å². The molecule has 0 unspecified atom stereocenters. The molecule has 0 radical (unpaired) electrons. The van der Waals surface area contributed by atoms with Crippen molar-refractivity contribution in [3.8, 4) is 5.75 Å². The first-order valence-electron chi connectivity index (χ1n) is 8.50. The van der Waals surface area contributed by atoms with Gasteiger partial charge in [0.25, 0.3) is 0 Å². The van der Waals surface area contributed by atoms with Crippen LogP contribution in [0.5, 0.6) is 5.75 Å². The molecule has 5 heteroatoms. The maximum Gasteiger partial charge on any atom is 0.244 e. The Balaban J connectivity index is 1.41. The number of nitrogens with zero attached hydrogens (tertiary/aromatic N) is 1. The summed E-state index contributed by atoms with van der Waals surface area (Å²) in [5.41, 5.74) is 1.77. The Labute approximate surface area is 147 Å². The summed E-state index contributed by atoms with van der Waals surface area (Å²) < 4.78 is 11.3. The fraction of sp³-hybridized carbons (Fsp3) is 0.300. The minimum Gasteiger partial charge on any atom is -0.491 e. The van der Waals surface area contributed by atoms with Crippen LogP contribution in [0.3, 0.4) is 0 Å². The van der Waals surface area contributed by atoms with E-state index in [2.05, 4.69) is 10.3 Å². The highest BCUT2D eigenvalue weighted by molar-refractivity contribution is 5.91. The van der Waals surface area contributed by atoms with Crippen LogP contribution in [0.25, 0.3) is 6.08 Å². The van der Waals surface area contributed by atoms with E-state index >= 15 is 0 Å². The summed E-state index contributed by atoms with van der Waals surface area (Å²) in [5, 5.41) is 2.85. The summed E-state index contributed by atoms with van der Waals surface area (Å²) >= 11 is 0. The predicted molar refractivity (Wildman–Crippen MR) is 96.0 cm³/mol. The zero-order valence-corrected chi connectivity index (χ0v) is 14.1. The molecule has 1 aromatic heterocycles. The Kier molecular flexibility index (Phi) is 6.17. The van der Waals surface area contributed by atoms with Gasteiger partial charge >= 0.3 is 0 Å². The highest BCUT2D eigenvalue weighted by Gasteiger charge is 2.15. The van der Waals surface area contributed by atoms with Crippen LogP contribution in [0.15, 0.2) is 54.7 Å². The van der Waals surface area contributed by atoms with Crippen molar-refractivity contribution < 1.29 is 14.3 Å². The molecule has 1 saturated heterocycles. The first-order valence-corrected chi connectivity index (χ1v) is 8.50. The van der Waals surface area contributed by atoms with Gasteiger partial charge in [-0.05, 0) is 48.7 Å². The van der Waals surface area contributed by atoms with Crippen molar-refractivity contribution in [2.24, 2.45) is 0 Å². The van der Waals surface area contributed by atoms with E-state index in [1.807, 2.05) is 42.5 Å². The van der Waals surface area contributed by atoms with Crippen LogP contribution in [-0.4, -0.2) is 30.2 Å². The Bertz CT molecular complexity index is 693. The van der Waals surface area contributed by atoms with Gasteiger partial charge in [0.05, 0.1) is 11.8 Å². The molecule has 1 aromatic carbocycles. The minimum atomic E-state index is -0.149. The van der Waals surface area contributed by atoms with Crippen LogP contribution in [0.4, 0.5) is 0 Å². The number of benzene rings is 1. The number of ether oxygens (including phenoxy) is 2. The maximum absolute atomic E-state index is 11.8. The molecule has 2 aromatic rings. The third-order valence-electron chi connectivity index (χ3n) is 3.94. The van der Waals surface area contributed by atoms with Crippen molar-refractivity contribution in [2.75, 3.05) is 13.2 Å². The first-order chi connectivity index (χ1) is 12.3. The Morgan fingerprint density at radius 3 is 2.88 bits per heavy atom. The number of nitrogens with one attached hydrogen (secondary N) is 1. The third kappa shape index (κ3) is 5.72. The van der Waals surface area contributed by atoms with Gasteiger partial charge in [-0.15, -0.1) is 0 Å². The van der Waals surface area contributed by atoms with E-state index in [1.165, 1.54) is 6.08 Å². The quantitative estimate of drug-likeness (QED) is 0.789. The molecule has 0 bridgehead atoms. The van der Waals surface area contributed by atoms with Gasteiger partial charge in [-0.2, -0.15) is 0 Å². The summed E-state index contributed by atoms with van der Waals surface area (Å²) in [6.07, 6.45) is 7.26. The van der Waals surface area contributed by atoms with Gasteiger partial charge in [0, 0.05) is 25.4 Å². The van der Waals surface area contributed by atoms with Crippen molar-refractivity contribution in [1.82, 2.24) is 10.3 Å². The average molecular weight is 338 g/mol. The van der Waals surface area contributed by atoms with Crippen LogP contribution >= 0.6 is 0 Å². The number of rotatable bonds is 7. The number of carbonyl (C=O) groups excluding carboxylic acids is 1. The second-order valence-corrected chi connectivity index (χ2v) is 5.90. The summed E-state index contributed by atoms with van der Waals surface area (Å²) in [6, 6.07) is 13.3. The molecule has 130 valence electrons. The molecule has 2 heterocycles. The Hall–Kier alpha value is -2.66. The van der Waals surface area contributed by atoms with Crippen LogP contribution in [0, 0.1) is 0 Å². The lowest BCUT2D eigenvalue weighted by molar-refractivity contribution is -0.116. The van der Waals surface area contributed by atoms with Crippen molar-refractivity contribution in [3.63, 3.8) is 0 Å². The summed E-state index contributed by atoms with van der Waals surface area (Å²) in [7, 11) is 0. The van der Waals surface area contributed by atoms with Gasteiger partial charge in [-0.1, -0.05) is 18.2 Å². The first kappa shape index (κ1) is 17.2. The van der Waals surface area contributed by atoms with Crippen LogP contribution < -0.4 is 10.1 Å². The van der Waals surface area contributed by atoms with Crippen molar-refractivity contribution in [3.05, 3.63) is 66.0 Å². The highest BCUT2D eigenvalue weighted by Crippen LogP contribution is 2.16. The van der Waals surface area contributed by atoms with Gasteiger partial charge in [-0.25, -0.2) is 0 Å². The van der Waals surface area contributed by atoms with Crippen molar-refractivity contribution in [2.45, 2.75) is 25.5 Å². The van der Waals surface area contributed by atoms with Gasteiger partial charge in [0.15, 0.2) is 0 Å². The van der Waals surface area contributed by atoms with E-state index in [-0.39, 0.29) is 12.0 Å². The molecule has 0 aliphatic carbocycles. The number of hydrogen-bond donors (Lipinski definition) is 1. The zero-order chi connectivity index (χ0) is 17.3. The lowest BCUT2D eigenvalue weighted by Gasteiger charge is -2.11. The van der Waals surface area contributed by atoms with E-state index in [1.54, 1.807) is 12.3 Å². The molecule has 1 fully saturated rings. The fourth-order valence-corrected chi connectivity index (χ4v) is 2.55. The second kappa shape index (κ2) is 8.99. The standard InChI is InChI=1S/C20H22N2O3/c23-20(11-8-17-4-1-2-12-21-17)22-14-16-6-9-18(10-7-16)25-15-19-5-3-13-24-19/h1-2,4,6-12,19H,3,5,13-15H2,(H,22,23)/b11-8+/t19-/m1/s1. The molecule has 1 aliphatic rings. The molecular formula is C20H22N2O3. The molecule has 0 saturated carbocycles. The SMILES string of the molecule is O=C(/C=C/c1ccccn1)NCc1ccc(OC[C@H]2CCCO2)cc1. The van der Waals surface area contributed by atoms with Gasteiger partial charge in [0.1, 0.15) is 12.4 Å². The molecule has 1 aliphatic heterocycles. The lowest BCUT2D eigenvalue weighted by atomic mass is 10.2. The van der Waals surface area contributed by atoms with Crippen molar-refractivity contribution >= 4 is 12.0 Å². The van der Waals surface area contributed by atoms with E-state index in [9.17, 15) is 4.79 Å². The molecule has 5 nitrogen and oxygen atoms in total. The van der Waals surface area contributed by atoms with Gasteiger partial charge < -0.3 is 14.8 Å². The Morgan fingerprint density at radius 2 is 2.16 bits per heavy atom.